The number of hydrogen-bond acceptors (Lipinski definition) is 4. The summed E-state index contributed by atoms with van der Waals surface area (Å²) in [7, 11) is 0. The molecule has 0 aliphatic carbocycles. The average molecular weight is 272 g/mol. The van der Waals surface area contributed by atoms with Gasteiger partial charge in [-0.1, -0.05) is 0 Å². The monoisotopic (exact) mass is 271 g/mol. The van der Waals surface area contributed by atoms with Gasteiger partial charge in [-0.05, 0) is 13.8 Å². The number of rotatable bonds is 6. The zero-order valence-corrected chi connectivity index (χ0v) is 9.60. The molecule has 0 rings (SSSR count). The van der Waals surface area contributed by atoms with Gasteiger partial charge in [-0.15, -0.1) is 0 Å². The van der Waals surface area contributed by atoms with Crippen LogP contribution in [0.25, 0.3) is 0 Å². The summed E-state index contributed by atoms with van der Waals surface area (Å²) >= 11 is 0. The van der Waals surface area contributed by atoms with Crippen LogP contribution in [-0.2, 0) is 36.1 Å². The molecule has 7 heteroatoms. The minimum absolute atomic E-state index is 0. The smallest absolute Gasteiger partial charge is 0.329 e. The van der Waals surface area contributed by atoms with Crippen LogP contribution in [0.5, 0.6) is 0 Å². The molecule has 2 N–H and O–H groups in total. The predicted octanol–water partition coefficient (Wildman–Crippen LogP) is 0.213. The van der Waals surface area contributed by atoms with Crippen molar-refractivity contribution in [2.24, 2.45) is 0 Å². The first-order chi connectivity index (χ1) is 6.54. The second-order valence-electron chi connectivity index (χ2n) is 2.06. The zero-order valence-electron chi connectivity index (χ0n) is 8.66. The molecule has 0 heterocycles. The molecule has 0 aliphatic rings. The van der Waals surface area contributed by atoms with Crippen molar-refractivity contribution in [1.82, 2.24) is 0 Å². The van der Waals surface area contributed by atoms with E-state index in [1.807, 2.05) is 0 Å². The Labute approximate surface area is 99.0 Å². The number of hydrogen-bond donors (Lipinski definition) is 2. The van der Waals surface area contributed by atoms with Crippen LogP contribution in [0.4, 0.5) is 0 Å². The van der Waals surface area contributed by atoms with Crippen molar-refractivity contribution in [2.75, 3.05) is 26.4 Å². The van der Waals surface area contributed by atoms with Gasteiger partial charge in [0, 0.05) is 30.3 Å². The first-order valence-corrected chi connectivity index (χ1v) is 4.13. The van der Waals surface area contributed by atoms with Crippen LogP contribution in [0, 0.1) is 0 Å². The molecule has 0 aromatic heterocycles. The summed E-state index contributed by atoms with van der Waals surface area (Å²) < 4.78 is 8.99. The Kier molecular flexibility index (Phi) is 21.0. The largest absolute Gasteiger partial charge is 0.480 e. The van der Waals surface area contributed by atoms with E-state index in [-0.39, 0.29) is 30.3 Å². The molecule has 15 heavy (non-hydrogen) atoms. The first kappa shape index (κ1) is 19.9. The van der Waals surface area contributed by atoms with E-state index < -0.39 is 11.9 Å². The van der Waals surface area contributed by atoms with Gasteiger partial charge in [-0.3, -0.25) is 0 Å². The maximum Gasteiger partial charge on any atom is 0.329 e. The number of aliphatic carboxylic acids is 2. The number of ether oxygens (including phenoxy) is 2. The standard InChI is InChI=1S/2C4H8O3.Cu/c2*1-2-7-3-4(5)6;/h2*2-3H2,1H3,(H,5,6);. The first-order valence-electron chi connectivity index (χ1n) is 4.13. The molecule has 0 bridgehead atoms. The summed E-state index contributed by atoms with van der Waals surface area (Å²) in [5, 5.41) is 15.8. The fourth-order valence-corrected chi connectivity index (χ4v) is 0.379. The van der Waals surface area contributed by atoms with Crippen LogP contribution >= 0.6 is 0 Å². The molecule has 0 amide bonds. The van der Waals surface area contributed by atoms with E-state index in [9.17, 15) is 9.59 Å². The van der Waals surface area contributed by atoms with Crippen molar-refractivity contribution in [3.63, 3.8) is 0 Å². The summed E-state index contributed by atoms with van der Waals surface area (Å²) in [6, 6.07) is 0. The summed E-state index contributed by atoms with van der Waals surface area (Å²) in [5.41, 5.74) is 0. The second-order valence-corrected chi connectivity index (χ2v) is 2.06. The predicted molar refractivity (Wildman–Crippen MR) is 48.3 cm³/mol. The molecule has 1 radical (unpaired) electrons. The van der Waals surface area contributed by atoms with Crippen molar-refractivity contribution in [2.45, 2.75) is 13.8 Å². The van der Waals surface area contributed by atoms with E-state index in [1.165, 1.54) is 0 Å². The van der Waals surface area contributed by atoms with E-state index in [0.717, 1.165) is 0 Å². The van der Waals surface area contributed by atoms with E-state index in [4.69, 9.17) is 10.2 Å². The van der Waals surface area contributed by atoms with Crippen molar-refractivity contribution in [3.05, 3.63) is 0 Å². The van der Waals surface area contributed by atoms with Crippen molar-refractivity contribution < 1.29 is 46.3 Å². The van der Waals surface area contributed by atoms with Crippen LogP contribution in [0.2, 0.25) is 0 Å². The van der Waals surface area contributed by atoms with Crippen LogP contribution < -0.4 is 0 Å². The Bertz CT molecular complexity index is 143. The summed E-state index contributed by atoms with van der Waals surface area (Å²) in [6.07, 6.45) is 0. The summed E-state index contributed by atoms with van der Waals surface area (Å²) in [4.78, 5) is 19.3. The molecule has 0 fully saturated rings. The zero-order chi connectivity index (χ0) is 11.4. The third-order valence-corrected chi connectivity index (χ3v) is 0.859. The number of carboxylic acids is 2. The quantitative estimate of drug-likeness (QED) is 0.671. The topological polar surface area (TPSA) is 93.1 Å². The van der Waals surface area contributed by atoms with Gasteiger partial charge < -0.3 is 19.7 Å². The molecule has 0 saturated heterocycles. The molecule has 0 aromatic carbocycles. The van der Waals surface area contributed by atoms with Gasteiger partial charge >= 0.3 is 11.9 Å². The fraction of sp³-hybridized carbons (Fsp3) is 0.750. The molecule has 0 saturated carbocycles. The van der Waals surface area contributed by atoms with Gasteiger partial charge in [-0.25, -0.2) is 9.59 Å². The minimum atomic E-state index is -0.915. The van der Waals surface area contributed by atoms with Gasteiger partial charge in [0.2, 0.25) is 0 Å². The maximum atomic E-state index is 9.63. The van der Waals surface area contributed by atoms with Crippen LogP contribution in [-0.4, -0.2) is 48.6 Å². The maximum absolute atomic E-state index is 9.63. The SMILES string of the molecule is CCOCC(=O)O.CCOCC(=O)O.[Cu]. The molecule has 0 spiro atoms. The van der Waals surface area contributed by atoms with Crippen LogP contribution in [0.15, 0.2) is 0 Å². The summed E-state index contributed by atoms with van der Waals surface area (Å²) in [6.45, 7) is 4.07. The third-order valence-electron chi connectivity index (χ3n) is 0.859. The molecular formula is C8H16CuO6. The van der Waals surface area contributed by atoms with Crippen LogP contribution in [0.3, 0.4) is 0 Å². The van der Waals surface area contributed by atoms with Gasteiger partial charge in [-0.2, -0.15) is 0 Å². The van der Waals surface area contributed by atoms with E-state index in [0.29, 0.717) is 13.2 Å². The Morgan fingerprint density at radius 3 is 1.27 bits per heavy atom. The Balaban J connectivity index is -0.000000180. The van der Waals surface area contributed by atoms with Gasteiger partial charge in [0.1, 0.15) is 13.2 Å². The van der Waals surface area contributed by atoms with Crippen molar-refractivity contribution >= 4 is 11.9 Å². The van der Waals surface area contributed by atoms with Gasteiger partial charge in [0.25, 0.3) is 0 Å². The van der Waals surface area contributed by atoms with Crippen molar-refractivity contribution in [1.29, 1.82) is 0 Å². The van der Waals surface area contributed by atoms with E-state index in [1.54, 1.807) is 13.8 Å². The molecule has 6 nitrogen and oxygen atoms in total. The van der Waals surface area contributed by atoms with Crippen LogP contribution in [0.1, 0.15) is 13.8 Å². The Morgan fingerprint density at radius 2 is 1.20 bits per heavy atom. The fourth-order valence-electron chi connectivity index (χ4n) is 0.379. The third kappa shape index (κ3) is 31.8. The molecule has 0 aliphatic heterocycles. The molecule has 0 atom stereocenters. The number of carboxylic acid groups (broad SMARTS) is 2. The van der Waals surface area contributed by atoms with Gasteiger partial charge in [0.05, 0.1) is 0 Å². The molecule has 95 valence electrons. The number of carbonyl (C=O) groups is 2. The average Bonchev–Trinajstić information content (AvgIpc) is 2.12. The molecular weight excluding hydrogens is 256 g/mol. The van der Waals surface area contributed by atoms with Gasteiger partial charge in [0.15, 0.2) is 0 Å². The Morgan fingerprint density at radius 1 is 0.933 bits per heavy atom. The van der Waals surface area contributed by atoms with E-state index >= 15 is 0 Å². The second kappa shape index (κ2) is 15.8. The van der Waals surface area contributed by atoms with E-state index in [2.05, 4.69) is 9.47 Å². The van der Waals surface area contributed by atoms with Crippen molar-refractivity contribution in [3.8, 4) is 0 Å². The summed E-state index contributed by atoms with van der Waals surface area (Å²) in [5.74, 6) is -1.83. The Hall–Kier alpha value is -0.621. The minimum Gasteiger partial charge on any atom is -0.480 e. The molecule has 0 unspecified atom stereocenters. The molecule has 0 aromatic rings. The normalized spacial score (nSPS) is 8.13.